The summed E-state index contributed by atoms with van der Waals surface area (Å²) in [5.41, 5.74) is 1.18. The molecule has 0 aliphatic heterocycles. The molecule has 1 heterocycles. The fourth-order valence-electron chi connectivity index (χ4n) is 4.38. The van der Waals surface area contributed by atoms with E-state index in [1.807, 2.05) is 12.1 Å². The summed E-state index contributed by atoms with van der Waals surface area (Å²) in [4.78, 5) is 11.7. The Morgan fingerprint density at radius 3 is 2.87 bits per heavy atom. The molecule has 1 aromatic heterocycles. The summed E-state index contributed by atoms with van der Waals surface area (Å²) in [6.07, 6.45) is 15.6. The second-order valence-electron chi connectivity index (χ2n) is 7.36. The van der Waals surface area contributed by atoms with Gasteiger partial charge in [0, 0.05) is 16.6 Å². The summed E-state index contributed by atoms with van der Waals surface area (Å²) < 4.78 is 5.14. The molecule has 0 aromatic carbocycles. The average Bonchev–Trinajstić information content (AvgIpc) is 3.02. The van der Waals surface area contributed by atoms with Crippen molar-refractivity contribution in [3.05, 3.63) is 54.0 Å². The van der Waals surface area contributed by atoms with Crippen LogP contribution >= 0.6 is 0 Å². The van der Waals surface area contributed by atoms with Crippen LogP contribution in [-0.4, -0.2) is 11.1 Å². The summed E-state index contributed by atoms with van der Waals surface area (Å²) in [7, 11) is 0. The Labute approximate surface area is 137 Å². The minimum Gasteiger partial charge on any atom is -0.478 e. The topological polar surface area (TPSA) is 50.4 Å². The van der Waals surface area contributed by atoms with E-state index >= 15 is 0 Å². The monoisotopic (exact) mass is 312 g/mol. The predicted octanol–water partition coefficient (Wildman–Crippen LogP) is 4.93. The maximum atomic E-state index is 11.7. The quantitative estimate of drug-likeness (QED) is 0.860. The molecule has 1 saturated carbocycles. The van der Waals surface area contributed by atoms with Gasteiger partial charge in [0.2, 0.25) is 0 Å². The molecule has 1 fully saturated rings. The van der Waals surface area contributed by atoms with Crippen molar-refractivity contribution in [1.82, 2.24) is 0 Å². The maximum absolute atomic E-state index is 11.7. The lowest BCUT2D eigenvalue weighted by molar-refractivity contribution is -0.135. The van der Waals surface area contributed by atoms with Crippen molar-refractivity contribution in [3.8, 4) is 0 Å². The number of carboxylic acid groups (broad SMARTS) is 1. The number of hydrogen-bond acceptors (Lipinski definition) is 2. The van der Waals surface area contributed by atoms with Crippen LogP contribution in [0.1, 0.15) is 39.2 Å². The summed E-state index contributed by atoms with van der Waals surface area (Å²) >= 11 is 0. The fourth-order valence-corrected chi connectivity index (χ4v) is 4.38. The van der Waals surface area contributed by atoms with Gasteiger partial charge in [0.15, 0.2) is 0 Å². The van der Waals surface area contributed by atoms with Crippen molar-refractivity contribution in [3.63, 3.8) is 0 Å². The average molecular weight is 312 g/mol. The summed E-state index contributed by atoms with van der Waals surface area (Å²) in [6, 6.07) is 1.94. The molecular weight excluding hydrogens is 288 g/mol. The Kier molecular flexibility index (Phi) is 3.83. The molecular formula is C20H24O3. The second-order valence-corrected chi connectivity index (χ2v) is 7.36. The molecule has 1 N–H and O–H groups in total. The van der Waals surface area contributed by atoms with E-state index in [-0.39, 0.29) is 16.7 Å². The van der Waals surface area contributed by atoms with Crippen LogP contribution in [0.25, 0.3) is 6.08 Å². The molecule has 122 valence electrons. The number of furan rings is 1. The van der Waals surface area contributed by atoms with Crippen LogP contribution in [0.5, 0.6) is 0 Å². The third kappa shape index (κ3) is 2.48. The third-order valence-electron chi connectivity index (χ3n) is 6.11. The first-order valence-electron chi connectivity index (χ1n) is 8.21. The highest BCUT2D eigenvalue weighted by atomic mass is 16.4. The Morgan fingerprint density at radius 2 is 2.22 bits per heavy atom. The molecule has 3 rings (SSSR count). The highest BCUT2D eigenvalue weighted by Crippen LogP contribution is 2.59. The molecule has 0 saturated heterocycles. The van der Waals surface area contributed by atoms with Gasteiger partial charge in [0.25, 0.3) is 0 Å². The molecule has 4 atom stereocenters. The van der Waals surface area contributed by atoms with Gasteiger partial charge in [-0.1, -0.05) is 51.2 Å². The highest BCUT2D eigenvalue weighted by molar-refractivity contribution is 5.89. The fraction of sp³-hybridized carbons (Fsp3) is 0.450. The van der Waals surface area contributed by atoms with E-state index < -0.39 is 5.97 Å². The van der Waals surface area contributed by atoms with Gasteiger partial charge in [-0.2, -0.15) is 0 Å². The van der Waals surface area contributed by atoms with E-state index in [1.54, 1.807) is 18.6 Å². The van der Waals surface area contributed by atoms with Crippen molar-refractivity contribution >= 4 is 12.0 Å². The van der Waals surface area contributed by atoms with E-state index in [0.717, 1.165) is 18.4 Å². The van der Waals surface area contributed by atoms with Crippen molar-refractivity contribution in [2.75, 3.05) is 0 Å². The first-order chi connectivity index (χ1) is 10.9. The van der Waals surface area contributed by atoms with E-state index in [2.05, 4.69) is 39.0 Å². The number of carboxylic acids is 1. The van der Waals surface area contributed by atoms with Gasteiger partial charge >= 0.3 is 5.97 Å². The molecule has 0 unspecified atom stereocenters. The lowest BCUT2D eigenvalue weighted by Crippen LogP contribution is -2.48. The van der Waals surface area contributed by atoms with E-state index in [1.165, 1.54) is 0 Å². The first-order valence-corrected chi connectivity index (χ1v) is 8.21. The largest absolute Gasteiger partial charge is 0.478 e. The maximum Gasteiger partial charge on any atom is 0.332 e. The van der Waals surface area contributed by atoms with Crippen LogP contribution in [0.4, 0.5) is 0 Å². The molecule has 3 nitrogen and oxygen atoms in total. The molecule has 3 heteroatoms. The first kappa shape index (κ1) is 15.9. The number of fused-ring (bicyclic) bond motifs is 1. The number of carbonyl (C=O) groups is 1. The predicted molar refractivity (Wildman–Crippen MR) is 90.7 cm³/mol. The molecule has 2 aliphatic rings. The summed E-state index contributed by atoms with van der Waals surface area (Å²) in [6.45, 7) is 6.63. The van der Waals surface area contributed by atoms with Crippen LogP contribution in [0.15, 0.2) is 52.9 Å². The molecule has 1 aromatic rings. The van der Waals surface area contributed by atoms with Crippen LogP contribution in [0.3, 0.4) is 0 Å². The van der Waals surface area contributed by atoms with Crippen LogP contribution in [-0.2, 0) is 4.79 Å². The lowest BCUT2D eigenvalue weighted by atomic mass is 9.49. The Hall–Kier alpha value is -2.03. The van der Waals surface area contributed by atoms with Crippen LogP contribution in [0, 0.1) is 22.7 Å². The lowest BCUT2D eigenvalue weighted by Gasteiger charge is -2.54. The standard InChI is InChI=1S/C20H24O3/c1-14-7-10-20(3)16(18(21)22)5-4-6-17(20)19(14,2)11-8-15-9-12-23-13-15/h4-6,8-9,11-14,17H,7,10H2,1-3H3,(H,21,22)/b11-8+/t14-,17-,19+,20+/m0/s1. The van der Waals surface area contributed by atoms with Gasteiger partial charge in [-0.3, -0.25) is 0 Å². The van der Waals surface area contributed by atoms with E-state index in [0.29, 0.717) is 11.5 Å². The van der Waals surface area contributed by atoms with Crippen molar-refractivity contribution in [1.29, 1.82) is 0 Å². The van der Waals surface area contributed by atoms with Crippen LogP contribution < -0.4 is 0 Å². The van der Waals surface area contributed by atoms with Gasteiger partial charge in [0.05, 0.1) is 12.5 Å². The van der Waals surface area contributed by atoms with Gasteiger partial charge in [0.1, 0.15) is 0 Å². The Balaban J connectivity index is 2.01. The summed E-state index contributed by atoms with van der Waals surface area (Å²) in [5.74, 6) is -0.128. The third-order valence-corrected chi connectivity index (χ3v) is 6.11. The zero-order valence-electron chi connectivity index (χ0n) is 14.0. The smallest absolute Gasteiger partial charge is 0.332 e. The second kappa shape index (κ2) is 5.55. The normalized spacial score (nSPS) is 36.7. The summed E-state index contributed by atoms with van der Waals surface area (Å²) in [5, 5.41) is 9.63. The molecule has 0 radical (unpaired) electrons. The number of hydrogen-bond donors (Lipinski definition) is 1. The minimum atomic E-state index is -0.794. The number of rotatable bonds is 3. The van der Waals surface area contributed by atoms with Gasteiger partial charge in [-0.05, 0) is 36.2 Å². The zero-order valence-corrected chi connectivity index (χ0v) is 14.0. The minimum absolute atomic E-state index is 0.0876. The molecule has 2 aliphatic carbocycles. The van der Waals surface area contributed by atoms with Gasteiger partial charge in [-0.25, -0.2) is 4.79 Å². The van der Waals surface area contributed by atoms with E-state index in [4.69, 9.17) is 4.42 Å². The molecule has 0 spiro atoms. The van der Waals surface area contributed by atoms with Crippen molar-refractivity contribution in [2.24, 2.45) is 22.7 Å². The SMILES string of the molecule is C[C@H]1CC[C@]2(C)C(C(=O)O)=CC=C[C@H]2[C@]1(C)/C=C/c1ccoc1. The Bertz CT molecular complexity index is 680. The Morgan fingerprint density at radius 1 is 1.43 bits per heavy atom. The van der Waals surface area contributed by atoms with Gasteiger partial charge in [-0.15, -0.1) is 0 Å². The molecule has 0 bridgehead atoms. The van der Waals surface area contributed by atoms with Gasteiger partial charge < -0.3 is 9.52 Å². The van der Waals surface area contributed by atoms with Crippen molar-refractivity contribution < 1.29 is 14.3 Å². The number of aliphatic carboxylic acids is 1. The van der Waals surface area contributed by atoms with Crippen LogP contribution in [0.2, 0.25) is 0 Å². The molecule has 23 heavy (non-hydrogen) atoms. The van der Waals surface area contributed by atoms with Crippen molar-refractivity contribution in [2.45, 2.75) is 33.6 Å². The molecule has 0 amide bonds. The number of allylic oxidation sites excluding steroid dienone is 4. The van der Waals surface area contributed by atoms with E-state index in [9.17, 15) is 9.90 Å². The highest BCUT2D eigenvalue weighted by Gasteiger charge is 2.53. The zero-order chi connectivity index (χ0) is 16.7.